The molecule has 0 radical (unpaired) electrons. The molecule has 1 heterocycles. The van der Waals surface area contributed by atoms with Gasteiger partial charge >= 0.3 is 0 Å². The fourth-order valence-corrected chi connectivity index (χ4v) is 2.29. The maximum atomic E-state index is 9.18. The van der Waals surface area contributed by atoms with E-state index >= 15 is 0 Å². The van der Waals surface area contributed by atoms with Crippen molar-refractivity contribution in [1.82, 2.24) is 4.98 Å². The zero-order valence-corrected chi connectivity index (χ0v) is 14.0. The maximum absolute atomic E-state index is 9.18. The Kier molecular flexibility index (Phi) is 6.72. The number of ether oxygens (including phenoxy) is 1. The van der Waals surface area contributed by atoms with Crippen LogP contribution in [0.4, 0.5) is 0 Å². The predicted molar refractivity (Wildman–Crippen MR) is 97.5 cm³/mol. The smallest absolute Gasteiger partial charge is 0.293 e. The second kappa shape index (κ2) is 9.26. The third-order valence-electron chi connectivity index (χ3n) is 3.40. The van der Waals surface area contributed by atoms with Gasteiger partial charge in [0.15, 0.2) is 0 Å². The molecule has 3 rings (SSSR count). The highest BCUT2D eigenvalue weighted by atomic mass is 16.5. The third-order valence-corrected chi connectivity index (χ3v) is 3.40. The molecule has 0 atom stereocenters. The van der Waals surface area contributed by atoms with Gasteiger partial charge in [0, 0.05) is 16.8 Å². The lowest BCUT2D eigenvalue weighted by atomic mass is 9.99. The molecule has 24 heavy (non-hydrogen) atoms. The van der Waals surface area contributed by atoms with E-state index in [0.29, 0.717) is 13.1 Å². The summed E-state index contributed by atoms with van der Waals surface area (Å²) < 4.78 is 4.15. The van der Waals surface area contributed by atoms with Crippen LogP contribution in [0.25, 0.3) is 22.4 Å². The Bertz CT molecular complexity index is 755. The van der Waals surface area contributed by atoms with Gasteiger partial charge in [-0.3, -0.25) is 9.78 Å². The van der Waals surface area contributed by atoms with Gasteiger partial charge in [-0.1, -0.05) is 66.7 Å². The summed E-state index contributed by atoms with van der Waals surface area (Å²) in [6.07, 6.45) is 0. The normalized spacial score (nSPS) is 9.58. The Labute approximate surface area is 143 Å². The molecule has 0 aliphatic carbocycles. The highest BCUT2D eigenvalue weighted by molar-refractivity contribution is 5.80. The molecule has 0 saturated carbocycles. The predicted octanol–water partition coefficient (Wildman–Crippen LogP) is 4.90. The molecule has 0 saturated heterocycles. The first-order chi connectivity index (χ1) is 11.8. The van der Waals surface area contributed by atoms with Crippen molar-refractivity contribution >= 4 is 6.47 Å². The number of aryl methyl sites for hydroxylation is 1. The largest absolute Gasteiger partial charge is 0.468 e. The molecule has 1 aromatic heterocycles. The van der Waals surface area contributed by atoms with Gasteiger partial charge in [0.2, 0.25) is 0 Å². The number of benzene rings is 2. The number of carbonyl (C=O) groups is 1. The van der Waals surface area contributed by atoms with Crippen LogP contribution >= 0.6 is 0 Å². The van der Waals surface area contributed by atoms with E-state index < -0.39 is 0 Å². The van der Waals surface area contributed by atoms with Crippen LogP contribution in [0, 0.1) is 6.92 Å². The number of rotatable bonds is 4. The molecule has 0 unspecified atom stereocenters. The molecule has 3 heteroatoms. The van der Waals surface area contributed by atoms with Gasteiger partial charge in [-0.15, -0.1) is 0 Å². The first-order valence-corrected chi connectivity index (χ1v) is 7.90. The first-order valence-electron chi connectivity index (χ1n) is 7.90. The molecule has 0 fully saturated rings. The van der Waals surface area contributed by atoms with Crippen LogP contribution in [-0.4, -0.2) is 18.1 Å². The van der Waals surface area contributed by atoms with Gasteiger partial charge in [0.1, 0.15) is 0 Å². The molecule has 122 valence electrons. The molecule has 0 aliphatic heterocycles. The Morgan fingerprint density at radius 1 is 0.875 bits per heavy atom. The van der Waals surface area contributed by atoms with E-state index in [4.69, 9.17) is 4.98 Å². The summed E-state index contributed by atoms with van der Waals surface area (Å²) in [5, 5.41) is 0. The van der Waals surface area contributed by atoms with Crippen LogP contribution in [0.5, 0.6) is 0 Å². The fourth-order valence-electron chi connectivity index (χ4n) is 2.29. The zero-order valence-electron chi connectivity index (χ0n) is 14.0. The van der Waals surface area contributed by atoms with Crippen molar-refractivity contribution in [3.05, 3.63) is 78.5 Å². The van der Waals surface area contributed by atoms with Crippen molar-refractivity contribution in [1.29, 1.82) is 0 Å². The molecule has 2 aromatic carbocycles. The van der Waals surface area contributed by atoms with Crippen molar-refractivity contribution in [2.75, 3.05) is 6.61 Å². The van der Waals surface area contributed by atoms with Crippen LogP contribution in [0.15, 0.2) is 72.8 Å². The number of hydrogen-bond donors (Lipinski definition) is 0. The van der Waals surface area contributed by atoms with Gasteiger partial charge in [-0.05, 0) is 25.5 Å². The Morgan fingerprint density at radius 3 is 1.96 bits per heavy atom. The average Bonchev–Trinajstić information content (AvgIpc) is 2.64. The van der Waals surface area contributed by atoms with E-state index in [1.807, 2.05) is 31.2 Å². The molecule has 0 aliphatic rings. The average molecular weight is 319 g/mol. The number of carbonyl (C=O) groups excluding carboxylic acids is 1. The van der Waals surface area contributed by atoms with Crippen LogP contribution in [0.1, 0.15) is 12.6 Å². The van der Waals surface area contributed by atoms with Crippen LogP contribution in [0.2, 0.25) is 0 Å². The molecule has 3 aromatic rings. The molecule has 0 amide bonds. The molecular formula is C21H21NO2. The minimum atomic E-state index is 0.431. The fraction of sp³-hybridized carbons (Fsp3) is 0.143. The number of pyridine rings is 1. The minimum absolute atomic E-state index is 0.431. The lowest BCUT2D eigenvalue weighted by molar-refractivity contribution is -0.128. The van der Waals surface area contributed by atoms with Crippen molar-refractivity contribution in [3.8, 4) is 22.4 Å². The van der Waals surface area contributed by atoms with E-state index in [1.165, 1.54) is 11.1 Å². The Hall–Kier alpha value is -2.94. The number of aromatic nitrogens is 1. The second-order valence-electron chi connectivity index (χ2n) is 5.13. The summed E-state index contributed by atoms with van der Waals surface area (Å²) in [7, 11) is 0. The van der Waals surface area contributed by atoms with Crippen molar-refractivity contribution < 1.29 is 9.53 Å². The first kappa shape index (κ1) is 17.4. The van der Waals surface area contributed by atoms with Crippen LogP contribution in [-0.2, 0) is 9.53 Å². The van der Waals surface area contributed by atoms with E-state index in [0.717, 1.165) is 17.0 Å². The minimum Gasteiger partial charge on any atom is -0.468 e. The van der Waals surface area contributed by atoms with Crippen molar-refractivity contribution in [2.45, 2.75) is 13.8 Å². The van der Waals surface area contributed by atoms with Crippen LogP contribution < -0.4 is 0 Å². The molecule has 0 N–H and O–H groups in total. The summed E-state index contributed by atoms with van der Waals surface area (Å²) >= 11 is 0. The highest BCUT2D eigenvalue weighted by Gasteiger charge is 2.08. The summed E-state index contributed by atoms with van der Waals surface area (Å²) in [5.41, 5.74) is 5.63. The molecule has 0 bridgehead atoms. The van der Waals surface area contributed by atoms with E-state index in [2.05, 4.69) is 53.3 Å². The molecule has 3 nitrogen and oxygen atoms in total. The Balaban J connectivity index is 0.000000368. The quantitative estimate of drug-likeness (QED) is 0.642. The van der Waals surface area contributed by atoms with Crippen LogP contribution in [0.3, 0.4) is 0 Å². The second-order valence-corrected chi connectivity index (χ2v) is 5.13. The summed E-state index contributed by atoms with van der Waals surface area (Å²) in [6.45, 7) is 4.69. The topological polar surface area (TPSA) is 39.2 Å². The van der Waals surface area contributed by atoms with Crippen molar-refractivity contribution in [2.24, 2.45) is 0 Å². The van der Waals surface area contributed by atoms with Gasteiger partial charge in [-0.2, -0.15) is 0 Å². The SMILES string of the molecule is CCOC=O.Cc1ccc(-c2ccccc2)c(-c2ccccc2)n1. The number of hydrogen-bond acceptors (Lipinski definition) is 3. The van der Waals surface area contributed by atoms with E-state index in [9.17, 15) is 4.79 Å². The zero-order chi connectivity index (χ0) is 17.2. The van der Waals surface area contributed by atoms with Gasteiger partial charge in [0.05, 0.1) is 12.3 Å². The van der Waals surface area contributed by atoms with Crippen molar-refractivity contribution in [3.63, 3.8) is 0 Å². The van der Waals surface area contributed by atoms with Gasteiger partial charge < -0.3 is 4.74 Å². The molecular weight excluding hydrogens is 298 g/mol. The summed E-state index contributed by atoms with van der Waals surface area (Å²) in [4.78, 5) is 13.9. The third kappa shape index (κ3) is 4.78. The maximum Gasteiger partial charge on any atom is 0.293 e. The van der Waals surface area contributed by atoms with E-state index in [-0.39, 0.29) is 0 Å². The Morgan fingerprint density at radius 2 is 1.46 bits per heavy atom. The molecule has 0 spiro atoms. The monoisotopic (exact) mass is 319 g/mol. The standard InChI is InChI=1S/C18H15N.C3H6O2/c1-14-12-13-17(15-8-4-2-5-9-15)18(19-14)16-10-6-3-7-11-16;1-2-5-3-4/h2-13H,1H3;3H,2H2,1H3. The number of nitrogens with zero attached hydrogens (tertiary/aromatic N) is 1. The lowest BCUT2D eigenvalue weighted by Gasteiger charge is -2.10. The van der Waals surface area contributed by atoms with Gasteiger partial charge in [-0.25, -0.2) is 0 Å². The summed E-state index contributed by atoms with van der Waals surface area (Å²) in [5.74, 6) is 0. The lowest BCUT2D eigenvalue weighted by Crippen LogP contribution is -1.91. The van der Waals surface area contributed by atoms with E-state index in [1.54, 1.807) is 6.92 Å². The highest BCUT2D eigenvalue weighted by Crippen LogP contribution is 2.30. The summed E-state index contributed by atoms with van der Waals surface area (Å²) in [6, 6.07) is 25.0. The van der Waals surface area contributed by atoms with Gasteiger partial charge in [0.25, 0.3) is 6.47 Å².